The molecule has 2 N–H and O–H groups in total. The van der Waals surface area contributed by atoms with Crippen LogP contribution in [0.2, 0.25) is 0 Å². The molecule has 0 saturated heterocycles. The summed E-state index contributed by atoms with van der Waals surface area (Å²) < 4.78 is 1.14. The third-order valence-corrected chi connectivity index (χ3v) is 4.80. The van der Waals surface area contributed by atoms with Crippen LogP contribution in [0.15, 0.2) is 114 Å². The zero-order valence-electron chi connectivity index (χ0n) is 17.2. The lowest BCUT2D eigenvalue weighted by atomic mass is 9.81. The molecule has 4 aromatic carbocycles. The molecule has 0 aliphatic rings. The number of hydrogen-bond acceptors (Lipinski definition) is 2. The summed E-state index contributed by atoms with van der Waals surface area (Å²) in [7, 11) is -1.34. The Morgan fingerprint density at radius 1 is 0.533 bits per heavy atom. The Morgan fingerprint density at radius 2 is 0.933 bits per heavy atom. The molecule has 0 heterocycles. The fraction of sp³-hybridized carbons (Fsp3) is 0.0769. The average Bonchev–Trinajstić information content (AvgIpc) is 2.78. The van der Waals surface area contributed by atoms with Gasteiger partial charge in [0.1, 0.15) is 0 Å². The fourth-order valence-corrected chi connectivity index (χ4v) is 2.80. The van der Waals surface area contributed by atoms with Crippen LogP contribution in [-0.4, -0.2) is 17.2 Å². The third-order valence-electron chi connectivity index (χ3n) is 4.27. The molecule has 0 aliphatic heterocycles. The number of halogens is 1. The van der Waals surface area contributed by atoms with Gasteiger partial charge >= 0.3 is 7.12 Å². The van der Waals surface area contributed by atoms with Gasteiger partial charge in [-0.05, 0) is 42.6 Å². The highest BCUT2D eigenvalue weighted by Gasteiger charge is 2.07. The van der Waals surface area contributed by atoms with Crippen LogP contribution in [0, 0.1) is 13.8 Å². The molecular formula is C26H26BBrO2. The quantitative estimate of drug-likeness (QED) is 0.372. The molecule has 0 aromatic heterocycles. The molecule has 0 amide bonds. The fourth-order valence-electron chi connectivity index (χ4n) is 2.54. The van der Waals surface area contributed by atoms with Crippen molar-refractivity contribution in [1.29, 1.82) is 0 Å². The van der Waals surface area contributed by atoms with Crippen molar-refractivity contribution in [3.05, 3.63) is 125 Å². The van der Waals surface area contributed by atoms with E-state index in [1.807, 2.05) is 24.3 Å². The normalized spacial score (nSPS) is 9.50. The Labute approximate surface area is 188 Å². The van der Waals surface area contributed by atoms with Gasteiger partial charge in [-0.2, -0.15) is 0 Å². The van der Waals surface area contributed by atoms with Crippen LogP contribution in [0.1, 0.15) is 11.1 Å². The standard InChI is InChI=1S/C13H12.C7H7Br.C6H7BO2/c1-11-7-9-13(10-8-11)12-5-3-2-4-6-12;1-6-2-4-7(8)5-3-6;8-7(9)6-4-2-1-3-5-6/h2-10H,1H3;2-5H,1H3;1-5,8-9H. The molecule has 0 aliphatic carbocycles. The first-order valence-corrected chi connectivity index (χ1v) is 10.5. The molecule has 2 nitrogen and oxygen atoms in total. The summed E-state index contributed by atoms with van der Waals surface area (Å²) in [5.74, 6) is 0. The molecule has 0 atom stereocenters. The number of hydrogen-bond donors (Lipinski definition) is 2. The molecule has 30 heavy (non-hydrogen) atoms. The largest absolute Gasteiger partial charge is 0.488 e. The molecule has 0 saturated carbocycles. The Kier molecular flexibility index (Phi) is 10.1. The summed E-state index contributed by atoms with van der Waals surface area (Å²) in [5, 5.41) is 17.2. The van der Waals surface area contributed by atoms with Gasteiger partial charge in [0.05, 0.1) is 0 Å². The molecular weight excluding hydrogens is 435 g/mol. The van der Waals surface area contributed by atoms with Crippen LogP contribution >= 0.6 is 15.9 Å². The van der Waals surface area contributed by atoms with Crippen molar-refractivity contribution in [2.24, 2.45) is 0 Å². The smallest absolute Gasteiger partial charge is 0.423 e. The third kappa shape index (κ3) is 8.79. The maximum atomic E-state index is 8.58. The van der Waals surface area contributed by atoms with E-state index in [1.165, 1.54) is 22.3 Å². The minimum Gasteiger partial charge on any atom is -0.423 e. The van der Waals surface area contributed by atoms with E-state index in [2.05, 4.69) is 90.4 Å². The summed E-state index contributed by atoms with van der Waals surface area (Å²) in [5.41, 5.74) is 5.69. The van der Waals surface area contributed by atoms with E-state index in [4.69, 9.17) is 10.0 Å². The molecule has 0 radical (unpaired) electrons. The zero-order chi connectivity index (χ0) is 21.8. The summed E-state index contributed by atoms with van der Waals surface area (Å²) in [6.45, 7) is 4.18. The maximum absolute atomic E-state index is 8.58. The van der Waals surface area contributed by atoms with Crippen molar-refractivity contribution in [3.8, 4) is 11.1 Å². The van der Waals surface area contributed by atoms with Crippen molar-refractivity contribution in [3.63, 3.8) is 0 Å². The van der Waals surface area contributed by atoms with E-state index in [0.29, 0.717) is 5.46 Å². The maximum Gasteiger partial charge on any atom is 0.488 e. The van der Waals surface area contributed by atoms with Gasteiger partial charge in [-0.3, -0.25) is 0 Å². The lowest BCUT2D eigenvalue weighted by Gasteiger charge is -2.00. The van der Waals surface area contributed by atoms with Crippen LogP contribution in [0.25, 0.3) is 11.1 Å². The Hall–Kier alpha value is -2.66. The van der Waals surface area contributed by atoms with Crippen molar-refractivity contribution in [2.45, 2.75) is 13.8 Å². The number of rotatable bonds is 2. The summed E-state index contributed by atoms with van der Waals surface area (Å²) >= 11 is 3.35. The highest BCUT2D eigenvalue weighted by Crippen LogP contribution is 2.18. The van der Waals surface area contributed by atoms with Crippen molar-refractivity contribution < 1.29 is 10.0 Å². The predicted molar refractivity (Wildman–Crippen MR) is 132 cm³/mol. The first-order chi connectivity index (χ1) is 14.5. The summed E-state index contributed by atoms with van der Waals surface area (Å²) in [6.07, 6.45) is 0. The van der Waals surface area contributed by atoms with Crippen LogP contribution in [0.3, 0.4) is 0 Å². The van der Waals surface area contributed by atoms with E-state index >= 15 is 0 Å². The average molecular weight is 461 g/mol. The second-order valence-electron chi connectivity index (χ2n) is 6.81. The van der Waals surface area contributed by atoms with Gasteiger partial charge in [0.2, 0.25) is 0 Å². The van der Waals surface area contributed by atoms with E-state index in [1.54, 1.807) is 24.3 Å². The lowest BCUT2D eigenvalue weighted by molar-refractivity contribution is 0.426. The minimum atomic E-state index is -1.34. The lowest BCUT2D eigenvalue weighted by Crippen LogP contribution is -2.29. The molecule has 0 bridgehead atoms. The van der Waals surface area contributed by atoms with Crippen molar-refractivity contribution in [1.82, 2.24) is 0 Å². The van der Waals surface area contributed by atoms with Gasteiger partial charge in [-0.15, -0.1) is 0 Å². The molecule has 0 unspecified atom stereocenters. The van der Waals surface area contributed by atoms with E-state index in [9.17, 15) is 0 Å². The van der Waals surface area contributed by atoms with Crippen LogP contribution in [0.4, 0.5) is 0 Å². The molecule has 152 valence electrons. The molecule has 4 heteroatoms. The van der Waals surface area contributed by atoms with E-state index in [0.717, 1.165) is 4.47 Å². The topological polar surface area (TPSA) is 40.5 Å². The minimum absolute atomic E-state index is 0.525. The first-order valence-electron chi connectivity index (χ1n) is 9.71. The van der Waals surface area contributed by atoms with E-state index < -0.39 is 7.12 Å². The molecule has 0 fully saturated rings. The van der Waals surface area contributed by atoms with Gasteiger partial charge < -0.3 is 10.0 Å². The van der Waals surface area contributed by atoms with Gasteiger partial charge in [0.15, 0.2) is 0 Å². The van der Waals surface area contributed by atoms with Gasteiger partial charge in [-0.25, -0.2) is 0 Å². The highest BCUT2D eigenvalue weighted by atomic mass is 79.9. The second-order valence-corrected chi connectivity index (χ2v) is 7.73. The monoisotopic (exact) mass is 460 g/mol. The number of benzene rings is 4. The van der Waals surface area contributed by atoms with Gasteiger partial charge in [0.25, 0.3) is 0 Å². The Bertz CT molecular complexity index is 950. The zero-order valence-corrected chi connectivity index (χ0v) is 18.8. The second kappa shape index (κ2) is 12.8. The van der Waals surface area contributed by atoms with Crippen LogP contribution in [-0.2, 0) is 0 Å². The Balaban J connectivity index is 0.000000167. The van der Waals surface area contributed by atoms with Crippen molar-refractivity contribution >= 4 is 28.5 Å². The summed E-state index contributed by atoms with van der Waals surface area (Å²) in [4.78, 5) is 0. The van der Waals surface area contributed by atoms with E-state index in [-0.39, 0.29) is 0 Å². The predicted octanol–water partition coefficient (Wildman–Crippen LogP) is 5.79. The SMILES string of the molecule is Cc1ccc(-c2ccccc2)cc1.Cc1ccc(Br)cc1.OB(O)c1ccccc1. The van der Waals surface area contributed by atoms with Crippen LogP contribution in [0.5, 0.6) is 0 Å². The Morgan fingerprint density at radius 3 is 1.33 bits per heavy atom. The molecule has 4 aromatic rings. The number of aryl methyl sites for hydroxylation is 2. The van der Waals surface area contributed by atoms with Gasteiger partial charge in [0, 0.05) is 4.47 Å². The first kappa shape index (κ1) is 23.6. The molecule has 4 rings (SSSR count). The summed E-state index contributed by atoms with van der Waals surface area (Å²) in [6, 6.07) is 35.9. The van der Waals surface area contributed by atoms with Crippen molar-refractivity contribution in [2.75, 3.05) is 0 Å². The van der Waals surface area contributed by atoms with Gasteiger partial charge in [-0.1, -0.05) is 124 Å². The highest BCUT2D eigenvalue weighted by molar-refractivity contribution is 9.10. The molecule has 0 spiro atoms. The van der Waals surface area contributed by atoms with Crippen LogP contribution < -0.4 is 5.46 Å².